The summed E-state index contributed by atoms with van der Waals surface area (Å²) >= 11 is 9.05. The van der Waals surface area contributed by atoms with Crippen LogP contribution >= 0.6 is 43.2 Å². The maximum absolute atomic E-state index is 3.68. The van der Waals surface area contributed by atoms with Crippen LogP contribution < -0.4 is 0 Å². The van der Waals surface area contributed by atoms with E-state index >= 15 is 0 Å². The molecule has 1 unspecified atom stereocenters. The molecule has 0 spiro atoms. The molecule has 1 heterocycles. The van der Waals surface area contributed by atoms with Gasteiger partial charge in [0.2, 0.25) is 0 Å². The van der Waals surface area contributed by atoms with Crippen LogP contribution in [0.1, 0.15) is 35.0 Å². The third kappa shape index (κ3) is 2.57. The molecule has 0 saturated carbocycles. The molecule has 0 bridgehead atoms. The van der Waals surface area contributed by atoms with Crippen LogP contribution in [0.2, 0.25) is 0 Å². The Balaban J connectivity index is 2.74. The Kier molecular flexibility index (Phi) is 4.27. The minimum atomic E-state index is 0.539. The van der Waals surface area contributed by atoms with Crippen molar-refractivity contribution in [3.63, 3.8) is 0 Å². The quantitative estimate of drug-likeness (QED) is 0.685. The SMILES string of the molecule is CCCC(Br)c1cc(C)c(Br)s1. The lowest BCUT2D eigenvalue weighted by molar-refractivity contribution is 0.797. The predicted octanol–water partition coefficient (Wildman–Crippen LogP) is 5.06. The van der Waals surface area contributed by atoms with Gasteiger partial charge in [0.25, 0.3) is 0 Å². The first-order chi connectivity index (χ1) is 5.65. The van der Waals surface area contributed by atoms with E-state index in [9.17, 15) is 0 Å². The van der Waals surface area contributed by atoms with Crippen LogP contribution in [0.4, 0.5) is 0 Å². The number of rotatable bonds is 3. The number of hydrogen-bond donors (Lipinski definition) is 0. The first-order valence-corrected chi connectivity index (χ1v) is 6.57. The summed E-state index contributed by atoms with van der Waals surface area (Å²) < 4.78 is 1.26. The maximum Gasteiger partial charge on any atom is 0.0730 e. The lowest BCUT2D eigenvalue weighted by Gasteiger charge is -2.03. The van der Waals surface area contributed by atoms with Gasteiger partial charge in [-0.3, -0.25) is 0 Å². The van der Waals surface area contributed by atoms with Gasteiger partial charge in [-0.15, -0.1) is 11.3 Å². The van der Waals surface area contributed by atoms with Gasteiger partial charge >= 0.3 is 0 Å². The van der Waals surface area contributed by atoms with E-state index < -0.39 is 0 Å². The number of aryl methyl sites for hydroxylation is 1. The molecule has 0 aromatic carbocycles. The smallest absolute Gasteiger partial charge is 0.0730 e. The lowest BCUT2D eigenvalue weighted by atomic mass is 10.2. The molecular formula is C9H12Br2S. The second-order valence-electron chi connectivity index (χ2n) is 2.86. The highest BCUT2D eigenvalue weighted by molar-refractivity contribution is 9.11. The van der Waals surface area contributed by atoms with Crippen molar-refractivity contribution >= 4 is 43.2 Å². The highest BCUT2D eigenvalue weighted by atomic mass is 79.9. The molecule has 0 saturated heterocycles. The van der Waals surface area contributed by atoms with Crippen molar-refractivity contribution in [1.29, 1.82) is 0 Å². The summed E-state index contributed by atoms with van der Waals surface area (Å²) in [7, 11) is 0. The van der Waals surface area contributed by atoms with Gasteiger partial charge in [-0.05, 0) is 40.9 Å². The summed E-state index contributed by atoms with van der Waals surface area (Å²) in [6.45, 7) is 4.35. The molecule has 0 fully saturated rings. The van der Waals surface area contributed by atoms with Crippen LogP contribution in [0, 0.1) is 6.92 Å². The molecule has 1 aromatic heterocycles. The van der Waals surface area contributed by atoms with Gasteiger partial charge in [0.05, 0.1) is 3.79 Å². The van der Waals surface area contributed by atoms with Crippen molar-refractivity contribution < 1.29 is 0 Å². The molecule has 12 heavy (non-hydrogen) atoms. The molecule has 0 aliphatic carbocycles. The molecule has 1 rings (SSSR count). The fraction of sp³-hybridized carbons (Fsp3) is 0.556. The Labute approximate surface area is 94.6 Å². The van der Waals surface area contributed by atoms with Crippen molar-refractivity contribution in [3.8, 4) is 0 Å². The zero-order valence-corrected chi connectivity index (χ0v) is 11.2. The Hall–Kier alpha value is 0.660. The topological polar surface area (TPSA) is 0 Å². The van der Waals surface area contributed by atoms with E-state index in [0.29, 0.717) is 4.83 Å². The molecule has 3 heteroatoms. The number of hydrogen-bond acceptors (Lipinski definition) is 1. The fourth-order valence-corrected chi connectivity index (χ4v) is 3.49. The summed E-state index contributed by atoms with van der Waals surface area (Å²) in [4.78, 5) is 1.97. The molecule has 0 amide bonds. The molecule has 1 atom stereocenters. The van der Waals surface area contributed by atoms with Crippen LogP contribution in [0.15, 0.2) is 9.85 Å². The van der Waals surface area contributed by atoms with Crippen LogP contribution in [0.3, 0.4) is 0 Å². The monoisotopic (exact) mass is 310 g/mol. The molecular weight excluding hydrogens is 300 g/mol. The largest absolute Gasteiger partial charge is 0.132 e. The lowest BCUT2D eigenvalue weighted by Crippen LogP contribution is -1.83. The van der Waals surface area contributed by atoms with Gasteiger partial charge in [-0.1, -0.05) is 29.3 Å². The Bertz CT molecular complexity index is 236. The summed E-state index contributed by atoms with van der Waals surface area (Å²) in [5, 5.41) is 0. The minimum Gasteiger partial charge on any atom is -0.132 e. The van der Waals surface area contributed by atoms with Crippen molar-refractivity contribution in [3.05, 3.63) is 20.3 Å². The van der Waals surface area contributed by atoms with E-state index in [1.165, 1.54) is 27.1 Å². The van der Waals surface area contributed by atoms with Crippen molar-refractivity contribution in [2.24, 2.45) is 0 Å². The Morgan fingerprint density at radius 2 is 2.25 bits per heavy atom. The van der Waals surface area contributed by atoms with Crippen LogP contribution in [0.25, 0.3) is 0 Å². The van der Waals surface area contributed by atoms with Gasteiger partial charge in [0, 0.05) is 9.70 Å². The molecule has 0 aliphatic rings. The normalized spacial score (nSPS) is 13.3. The molecule has 1 aromatic rings. The first-order valence-electron chi connectivity index (χ1n) is 4.05. The van der Waals surface area contributed by atoms with Crippen molar-refractivity contribution in [1.82, 2.24) is 0 Å². The van der Waals surface area contributed by atoms with Crippen LogP contribution in [-0.2, 0) is 0 Å². The van der Waals surface area contributed by atoms with E-state index in [-0.39, 0.29) is 0 Å². The molecule has 0 N–H and O–H groups in total. The highest BCUT2D eigenvalue weighted by Gasteiger charge is 2.10. The van der Waals surface area contributed by atoms with Crippen LogP contribution in [0.5, 0.6) is 0 Å². The summed E-state index contributed by atoms with van der Waals surface area (Å²) in [5.41, 5.74) is 1.34. The molecule has 0 nitrogen and oxygen atoms in total. The second-order valence-corrected chi connectivity index (χ2v) is 6.37. The number of alkyl halides is 1. The Morgan fingerprint density at radius 1 is 1.58 bits per heavy atom. The zero-order valence-electron chi connectivity index (χ0n) is 7.23. The van der Waals surface area contributed by atoms with Gasteiger partial charge in [0.15, 0.2) is 0 Å². The third-order valence-corrected chi connectivity index (χ3v) is 5.23. The standard InChI is InChI=1S/C9H12Br2S/c1-3-4-7(10)8-5-6(2)9(11)12-8/h5,7H,3-4H2,1-2H3. The first kappa shape index (κ1) is 10.7. The Morgan fingerprint density at radius 3 is 2.67 bits per heavy atom. The highest BCUT2D eigenvalue weighted by Crippen LogP contribution is 2.37. The average Bonchev–Trinajstić information content (AvgIpc) is 2.33. The third-order valence-electron chi connectivity index (χ3n) is 1.73. The molecule has 0 radical (unpaired) electrons. The van der Waals surface area contributed by atoms with Crippen LogP contribution in [-0.4, -0.2) is 0 Å². The van der Waals surface area contributed by atoms with Crippen molar-refractivity contribution in [2.45, 2.75) is 31.5 Å². The van der Waals surface area contributed by atoms with E-state index in [0.717, 1.165) is 0 Å². The summed E-state index contributed by atoms with van der Waals surface area (Å²) in [6, 6.07) is 2.25. The predicted molar refractivity (Wildman–Crippen MR) is 63.3 cm³/mol. The second kappa shape index (κ2) is 4.77. The fourth-order valence-electron chi connectivity index (χ4n) is 1.03. The van der Waals surface area contributed by atoms with E-state index in [1.54, 1.807) is 0 Å². The zero-order chi connectivity index (χ0) is 9.14. The maximum atomic E-state index is 3.68. The minimum absolute atomic E-state index is 0.539. The van der Waals surface area contributed by atoms with Gasteiger partial charge in [0.1, 0.15) is 0 Å². The number of thiophene rings is 1. The van der Waals surface area contributed by atoms with Gasteiger partial charge in [-0.25, -0.2) is 0 Å². The van der Waals surface area contributed by atoms with Gasteiger partial charge in [-0.2, -0.15) is 0 Å². The van der Waals surface area contributed by atoms with Crippen molar-refractivity contribution in [2.75, 3.05) is 0 Å². The van der Waals surface area contributed by atoms with E-state index in [1.807, 2.05) is 11.3 Å². The van der Waals surface area contributed by atoms with Gasteiger partial charge < -0.3 is 0 Å². The molecule has 68 valence electrons. The number of halogens is 2. The summed E-state index contributed by atoms with van der Waals surface area (Å²) in [5.74, 6) is 0. The van der Waals surface area contributed by atoms with E-state index in [2.05, 4.69) is 51.8 Å². The molecule has 0 aliphatic heterocycles. The average molecular weight is 312 g/mol. The summed E-state index contributed by atoms with van der Waals surface area (Å²) in [6.07, 6.45) is 2.44. The van der Waals surface area contributed by atoms with E-state index in [4.69, 9.17) is 0 Å².